The van der Waals surface area contributed by atoms with E-state index in [0.717, 1.165) is 0 Å². The smallest absolute Gasteiger partial charge is 0.479 e. The van der Waals surface area contributed by atoms with E-state index in [-0.39, 0.29) is 36.5 Å². The fraction of sp³-hybridized carbons (Fsp3) is 0.667. The van der Waals surface area contributed by atoms with Gasteiger partial charge in [-0.05, 0) is 0 Å². The van der Waals surface area contributed by atoms with Gasteiger partial charge < -0.3 is 30.6 Å². The van der Waals surface area contributed by atoms with Crippen LogP contribution in [-0.4, -0.2) is 67.0 Å². The van der Waals surface area contributed by atoms with Crippen molar-refractivity contribution < 1.29 is 76.8 Å². The molecule has 0 aliphatic carbocycles. The third kappa shape index (κ3) is 5.86. The molecular weight excluding hydrogens is 329 g/mol. The van der Waals surface area contributed by atoms with E-state index in [0.29, 0.717) is 0 Å². The van der Waals surface area contributed by atoms with E-state index in [1.54, 1.807) is 0 Å². The number of hydrogen-bond acceptors (Lipinski definition) is 6. The quantitative estimate of drug-likeness (QED) is 0.283. The molecule has 0 saturated heterocycles. The first-order chi connectivity index (χ1) is 6.29. The van der Waals surface area contributed by atoms with Crippen molar-refractivity contribution in [3.63, 3.8) is 0 Å². The Morgan fingerprint density at radius 2 is 0.938 bits per heavy atom. The van der Waals surface area contributed by atoms with Crippen LogP contribution in [0.2, 0.25) is 0 Å². The summed E-state index contributed by atoms with van der Waals surface area (Å²) in [7, 11) is 0. The second-order valence-corrected chi connectivity index (χ2v) is 2.55. The zero-order valence-electron chi connectivity index (χ0n) is 7.82. The summed E-state index contributed by atoms with van der Waals surface area (Å²) < 4.78 is 0. The summed E-state index contributed by atoms with van der Waals surface area (Å²) in [4.78, 5) is 20.2. The first-order valence-electron chi connectivity index (χ1n) is 3.47. The molecule has 1 radical (unpaired) electrons. The normalized spacial score (nSPS) is 17.0. The van der Waals surface area contributed by atoms with E-state index >= 15 is 0 Å². The molecule has 8 nitrogen and oxygen atoms in total. The summed E-state index contributed by atoms with van der Waals surface area (Å²) in [5.41, 5.74) is 0. The van der Waals surface area contributed by atoms with Crippen LogP contribution in [0.3, 0.4) is 0 Å². The second kappa shape index (κ2) is 9.01. The van der Waals surface area contributed by atoms with Crippen LogP contribution in [-0.2, 0) is 46.1 Å². The topological polar surface area (TPSA) is 156 Å². The molecule has 4 unspecified atom stereocenters. The number of aliphatic hydroxyl groups excluding tert-OH is 4. The minimum absolute atomic E-state index is 0. The summed E-state index contributed by atoms with van der Waals surface area (Å²) in [5.74, 6) is -3.68. The van der Waals surface area contributed by atoms with Crippen molar-refractivity contribution in [3.8, 4) is 0 Å². The monoisotopic (exact) mass is 337 g/mol. The van der Waals surface area contributed by atoms with E-state index in [2.05, 4.69) is 0 Å². The van der Waals surface area contributed by atoms with Gasteiger partial charge in [0.1, 0.15) is 12.2 Å². The third-order valence-corrected chi connectivity index (χ3v) is 1.50. The summed E-state index contributed by atoms with van der Waals surface area (Å²) in [6.45, 7) is 0. The maximum Gasteiger partial charge on any atom is 2.00 e. The molecule has 0 aliphatic heterocycles. The van der Waals surface area contributed by atoms with Gasteiger partial charge in [-0.3, -0.25) is 0 Å². The molecule has 0 amide bonds. The van der Waals surface area contributed by atoms with Crippen LogP contribution in [0, 0.1) is 0 Å². The molecular formula is C6H10CuO8Zn+4. The van der Waals surface area contributed by atoms with Gasteiger partial charge in [-0.1, -0.05) is 0 Å². The standard InChI is InChI=1S/C6H10O8.Cu.Zn/c7-1(3(9)5(11)12)2(8)4(10)6(13)14;;/h1-4,7-10H,(H,11,12)(H,13,14);;/q;2*+2. The molecule has 10 heteroatoms. The maximum atomic E-state index is 10.1. The Morgan fingerprint density at radius 1 is 0.750 bits per heavy atom. The number of carboxylic acid groups (broad SMARTS) is 2. The summed E-state index contributed by atoms with van der Waals surface area (Å²) >= 11 is 0. The number of carbonyl (C=O) groups is 2. The molecule has 6 N–H and O–H groups in total. The molecule has 0 saturated carbocycles. The molecule has 0 aliphatic rings. The number of carboxylic acids is 2. The van der Waals surface area contributed by atoms with Crippen LogP contribution in [0.1, 0.15) is 0 Å². The molecule has 0 aromatic heterocycles. The van der Waals surface area contributed by atoms with Crippen LogP contribution < -0.4 is 0 Å². The van der Waals surface area contributed by atoms with Gasteiger partial charge in [0.15, 0.2) is 12.2 Å². The van der Waals surface area contributed by atoms with Gasteiger partial charge in [-0.15, -0.1) is 0 Å². The van der Waals surface area contributed by atoms with E-state index in [1.807, 2.05) is 0 Å². The predicted octanol–water partition coefficient (Wildman–Crippen LogP) is -3.41. The minimum Gasteiger partial charge on any atom is -0.479 e. The molecule has 0 aromatic carbocycles. The third-order valence-electron chi connectivity index (χ3n) is 1.50. The average molecular weight is 339 g/mol. The van der Waals surface area contributed by atoms with Crippen LogP contribution in [0.25, 0.3) is 0 Å². The molecule has 0 bridgehead atoms. The predicted molar refractivity (Wildman–Crippen MR) is 39.3 cm³/mol. The largest absolute Gasteiger partial charge is 2.00 e. The van der Waals surface area contributed by atoms with Crippen molar-refractivity contribution in [1.82, 2.24) is 0 Å². The fourth-order valence-electron chi connectivity index (χ4n) is 0.666. The SMILES string of the molecule is O=C(O)C(O)C(O)C(O)C(O)C(=O)O.[Cu+2].[Zn+2]. The van der Waals surface area contributed by atoms with Crippen LogP contribution in [0.15, 0.2) is 0 Å². The van der Waals surface area contributed by atoms with Crippen LogP contribution in [0.4, 0.5) is 0 Å². The van der Waals surface area contributed by atoms with E-state index in [4.69, 9.17) is 30.6 Å². The van der Waals surface area contributed by atoms with Crippen molar-refractivity contribution >= 4 is 11.9 Å². The van der Waals surface area contributed by atoms with Gasteiger partial charge in [0.2, 0.25) is 0 Å². The van der Waals surface area contributed by atoms with E-state index in [9.17, 15) is 9.59 Å². The number of rotatable bonds is 5. The summed E-state index contributed by atoms with van der Waals surface area (Å²) in [5, 5.41) is 51.5. The van der Waals surface area contributed by atoms with Crippen molar-refractivity contribution in [3.05, 3.63) is 0 Å². The molecule has 0 aromatic rings. The number of aliphatic carboxylic acids is 2. The molecule has 91 valence electrons. The zero-order chi connectivity index (χ0) is 11.5. The molecule has 0 heterocycles. The first kappa shape index (κ1) is 21.2. The molecule has 4 atom stereocenters. The van der Waals surface area contributed by atoms with Gasteiger partial charge in [0, 0.05) is 0 Å². The van der Waals surface area contributed by atoms with Gasteiger partial charge in [-0.25, -0.2) is 9.59 Å². The van der Waals surface area contributed by atoms with Gasteiger partial charge in [-0.2, -0.15) is 0 Å². The second-order valence-electron chi connectivity index (χ2n) is 2.55. The number of hydrogen-bond donors (Lipinski definition) is 6. The fourth-order valence-corrected chi connectivity index (χ4v) is 0.666. The van der Waals surface area contributed by atoms with Crippen molar-refractivity contribution in [2.24, 2.45) is 0 Å². The first-order valence-corrected chi connectivity index (χ1v) is 3.47. The van der Waals surface area contributed by atoms with Crippen LogP contribution >= 0.6 is 0 Å². The Balaban J connectivity index is -0.000000845. The van der Waals surface area contributed by atoms with Crippen molar-refractivity contribution in [2.75, 3.05) is 0 Å². The Bertz CT molecular complexity index is 213. The Labute approximate surface area is 113 Å². The zero-order valence-corrected chi connectivity index (χ0v) is 11.7. The van der Waals surface area contributed by atoms with Gasteiger partial charge in [0.05, 0.1) is 0 Å². The van der Waals surface area contributed by atoms with Gasteiger partial charge >= 0.3 is 48.5 Å². The molecule has 0 rings (SSSR count). The average Bonchev–Trinajstić information content (AvgIpc) is 2.12. The summed E-state index contributed by atoms with van der Waals surface area (Å²) in [6.07, 6.45) is -9.28. The molecule has 0 fully saturated rings. The Kier molecular flexibility index (Phi) is 12.0. The Hall–Kier alpha value is -0.0771. The molecule has 16 heavy (non-hydrogen) atoms. The summed E-state index contributed by atoms with van der Waals surface area (Å²) in [6, 6.07) is 0. The maximum absolute atomic E-state index is 10.1. The Morgan fingerprint density at radius 3 is 1.06 bits per heavy atom. The van der Waals surface area contributed by atoms with Crippen molar-refractivity contribution in [1.29, 1.82) is 0 Å². The minimum atomic E-state index is -2.36. The van der Waals surface area contributed by atoms with Crippen molar-refractivity contribution in [2.45, 2.75) is 24.4 Å². The van der Waals surface area contributed by atoms with E-state index in [1.165, 1.54) is 0 Å². The van der Waals surface area contributed by atoms with Gasteiger partial charge in [0.25, 0.3) is 0 Å². The van der Waals surface area contributed by atoms with E-state index < -0.39 is 36.4 Å². The van der Waals surface area contributed by atoms with Crippen LogP contribution in [0.5, 0.6) is 0 Å². The molecule has 0 spiro atoms. The number of aliphatic hydroxyl groups is 4.